The monoisotopic (exact) mass is 1030 g/mol. The Bertz CT molecular complexity index is 3160. The van der Waals surface area contributed by atoms with E-state index in [1.54, 1.807) is 72.4 Å². The van der Waals surface area contributed by atoms with Crippen molar-refractivity contribution < 1.29 is 14.3 Å². The second-order valence-corrected chi connectivity index (χ2v) is 19.0. The van der Waals surface area contributed by atoms with Gasteiger partial charge >= 0.3 is 0 Å². The van der Waals surface area contributed by atoms with Crippen LogP contribution in [0.25, 0.3) is 32.9 Å². The maximum absolute atomic E-state index is 13.2. The molecule has 2 saturated heterocycles. The molecule has 0 amide bonds. The van der Waals surface area contributed by atoms with Gasteiger partial charge in [-0.1, -0.05) is 92.4 Å². The summed E-state index contributed by atoms with van der Waals surface area (Å²) in [5.74, 6) is 0.783. The van der Waals surface area contributed by atoms with Gasteiger partial charge in [-0.05, 0) is 112 Å². The molecule has 0 atom stereocenters. The van der Waals surface area contributed by atoms with Crippen molar-refractivity contribution in [2.75, 3.05) is 77.3 Å². The summed E-state index contributed by atoms with van der Waals surface area (Å²) in [7, 11) is 3.33. The fourth-order valence-corrected chi connectivity index (χ4v) is 9.49. The summed E-state index contributed by atoms with van der Waals surface area (Å²) in [6.45, 7) is 9.35. The van der Waals surface area contributed by atoms with Gasteiger partial charge in [0.25, 0.3) is 11.1 Å². The Balaban J connectivity index is 0.000000202. The van der Waals surface area contributed by atoms with Crippen LogP contribution in [0.1, 0.15) is 60.2 Å². The van der Waals surface area contributed by atoms with Crippen LogP contribution in [0, 0.1) is 0 Å². The molecule has 15 heteroatoms. The number of anilines is 2. The zero-order valence-corrected chi connectivity index (χ0v) is 43.2. The molecule has 5 N–H and O–H groups in total. The fourth-order valence-electron chi connectivity index (χ4n) is 9.49. The second kappa shape index (κ2) is 29.1. The van der Waals surface area contributed by atoms with E-state index in [4.69, 9.17) is 10.5 Å². The lowest BCUT2D eigenvalue weighted by molar-refractivity contribution is 0.112. The zero-order chi connectivity index (χ0) is 52.2. The topological polar surface area (TPSA) is 174 Å². The van der Waals surface area contributed by atoms with Crippen LogP contribution in [0.2, 0.25) is 0 Å². The molecule has 0 saturated carbocycles. The molecule has 10 rings (SSSR count). The zero-order valence-electron chi connectivity index (χ0n) is 43.2. The number of hydrogen-bond acceptors (Lipinski definition) is 13. The molecule has 2 aliphatic heterocycles. The van der Waals surface area contributed by atoms with Crippen LogP contribution in [-0.2, 0) is 29.1 Å². The molecular weight excluding hydrogens is 953 g/mol. The number of benzene rings is 6. The van der Waals surface area contributed by atoms with Gasteiger partial charge in [0, 0.05) is 127 Å². The lowest BCUT2D eigenvalue weighted by Crippen LogP contribution is -2.40. The molecule has 15 nitrogen and oxygen atoms in total. The summed E-state index contributed by atoms with van der Waals surface area (Å²) in [5, 5.41) is 15.2. The van der Waals surface area contributed by atoms with E-state index >= 15 is 0 Å². The van der Waals surface area contributed by atoms with E-state index in [2.05, 4.69) is 125 Å². The van der Waals surface area contributed by atoms with Crippen molar-refractivity contribution in [2.45, 2.75) is 64.8 Å². The van der Waals surface area contributed by atoms with Crippen LogP contribution in [-0.4, -0.2) is 114 Å². The van der Waals surface area contributed by atoms with E-state index in [9.17, 15) is 14.4 Å². The molecular formula is C61H74N10O5. The van der Waals surface area contributed by atoms with E-state index in [1.807, 2.05) is 24.3 Å². The maximum atomic E-state index is 13.2. The number of piperidine rings is 2. The van der Waals surface area contributed by atoms with Crippen molar-refractivity contribution in [1.29, 1.82) is 0 Å². The van der Waals surface area contributed by atoms with Crippen LogP contribution in [0.4, 0.5) is 11.6 Å². The van der Waals surface area contributed by atoms with Crippen molar-refractivity contribution in [3.63, 3.8) is 0 Å². The lowest BCUT2D eigenvalue weighted by atomic mass is 10.0. The first-order valence-electron chi connectivity index (χ1n) is 25.9. The molecule has 76 heavy (non-hydrogen) atoms. The van der Waals surface area contributed by atoms with Crippen molar-refractivity contribution in [3.05, 3.63) is 201 Å². The van der Waals surface area contributed by atoms with E-state index in [-0.39, 0.29) is 30.6 Å². The van der Waals surface area contributed by atoms with Crippen LogP contribution >= 0.6 is 0 Å². The minimum Gasteiger partial charge on any atom is -0.383 e. The molecule has 0 radical (unpaired) electrons. The van der Waals surface area contributed by atoms with Crippen molar-refractivity contribution in [2.24, 2.45) is 5.73 Å². The molecule has 4 heterocycles. The highest BCUT2D eigenvalue weighted by Crippen LogP contribution is 2.22. The van der Waals surface area contributed by atoms with Gasteiger partial charge in [0.2, 0.25) is 0 Å². The molecule has 0 unspecified atom stereocenters. The summed E-state index contributed by atoms with van der Waals surface area (Å²) in [4.78, 5) is 50.7. The molecule has 6 aromatic carbocycles. The number of methoxy groups -OCH3 is 2. The molecule has 0 spiro atoms. The van der Waals surface area contributed by atoms with Gasteiger partial charge in [0.15, 0.2) is 11.6 Å². The average molecular weight is 1030 g/mol. The van der Waals surface area contributed by atoms with Gasteiger partial charge in [-0.2, -0.15) is 0 Å². The summed E-state index contributed by atoms with van der Waals surface area (Å²) in [6, 6.07) is 45.8. The highest BCUT2D eigenvalue weighted by Gasteiger charge is 2.23. The van der Waals surface area contributed by atoms with Gasteiger partial charge in [-0.3, -0.25) is 33.3 Å². The Morgan fingerprint density at radius 2 is 1.01 bits per heavy atom. The minimum atomic E-state index is -0.185. The Kier molecular flexibility index (Phi) is 21.6. The lowest BCUT2D eigenvalue weighted by Gasteiger charge is -2.32. The largest absolute Gasteiger partial charge is 0.383 e. The highest BCUT2D eigenvalue weighted by atomic mass is 16.5. The third-order valence-corrected chi connectivity index (χ3v) is 13.6. The standard InChI is InChI=1S/C30H35N5O2.C27H26N4O2.C3H9NO.CH4/c1-37-19-15-31-21-23-7-10-28(11-8-23)35-18-14-32-29(30(35)36)33-27-12-16-34(17-13-27)22-24-6-9-25-4-2-3-5-26(25)20-24;32-19-20-6-9-25(10-7-20)31-16-13-28-26(27(31)33)29-24-11-14-30(15-12-24)18-21-5-8-22-3-1-2-4-23(22)17-21;1-5-3-2-4;/h2-11,14,18,20,27,31H,12-13,15-17,19,21-22H2,1H3,(H,32,33);1-10,13,16-17,19,24H,11-12,14-15,18H2,(H,28,29);2-4H2,1H3;1H4. The Labute approximate surface area is 446 Å². The summed E-state index contributed by atoms with van der Waals surface area (Å²) < 4.78 is 12.8. The quantitative estimate of drug-likeness (QED) is 0.0475. The predicted octanol–water partition coefficient (Wildman–Crippen LogP) is 8.70. The molecule has 2 aliphatic rings. The first-order chi connectivity index (χ1) is 36.8. The fraction of sp³-hybridized carbons (Fsp3) is 0.328. The van der Waals surface area contributed by atoms with Crippen molar-refractivity contribution >= 4 is 39.5 Å². The normalized spacial score (nSPS) is 14.2. The number of aldehydes is 1. The van der Waals surface area contributed by atoms with E-state index < -0.39 is 0 Å². The van der Waals surface area contributed by atoms with Gasteiger partial charge in [0.1, 0.15) is 6.29 Å². The number of likely N-dealkylation sites (tertiary alicyclic amines) is 2. The third kappa shape index (κ3) is 15.8. The van der Waals surface area contributed by atoms with Crippen molar-refractivity contribution in [1.82, 2.24) is 34.2 Å². The number of rotatable bonds is 18. The number of nitrogens with zero attached hydrogens (tertiary/aromatic N) is 6. The minimum absolute atomic E-state index is 0. The number of carbonyl (C=O) groups excluding carboxylic acids is 1. The number of nitrogens with one attached hydrogen (secondary N) is 3. The number of hydrogen-bond donors (Lipinski definition) is 4. The van der Waals surface area contributed by atoms with Crippen LogP contribution < -0.4 is 32.8 Å². The first-order valence-corrected chi connectivity index (χ1v) is 25.9. The third-order valence-electron chi connectivity index (χ3n) is 13.6. The van der Waals surface area contributed by atoms with Crippen LogP contribution in [0.15, 0.2) is 168 Å². The van der Waals surface area contributed by atoms with E-state index in [0.717, 1.165) is 95.6 Å². The van der Waals surface area contributed by atoms with E-state index in [1.165, 1.54) is 32.7 Å². The maximum Gasteiger partial charge on any atom is 0.297 e. The first kappa shape index (κ1) is 56.4. The average Bonchev–Trinajstić information content (AvgIpc) is 3.45. The number of ether oxygens (including phenoxy) is 2. The van der Waals surface area contributed by atoms with Gasteiger partial charge < -0.3 is 31.2 Å². The molecule has 398 valence electrons. The van der Waals surface area contributed by atoms with Gasteiger partial charge in [-0.25, -0.2) is 9.97 Å². The number of carbonyl (C=O) groups is 1. The summed E-state index contributed by atoms with van der Waals surface area (Å²) in [5.41, 5.74) is 10.7. The SMILES string of the molecule is C.COCCN.COCCNCc1ccc(-n2ccnc(NC3CCN(Cc4ccc5ccccc5c4)CC3)c2=O)cc1.O=Cc1ccc(-n2ccnc(NC3CCN(Cc4ccc5ccccc5c4)CC3)c2=O)cc1. The predicted molar refractivity (Wildman–Crippen MR) is 308 cm³/mol. The Hall–Kier alpha value is -7.37. The Morgan fingerprint density at radius 3 is 1.43 bits per heavy atom. The van der Waals surface area contributed by atoms with E-state index in [0.29, 0.717) is 42.6 Å². The second-order valence-electron chi connectivity index (χ2n) is 19.0. The number of fused-ring (bicyclic) bond motifs is 2. The molecule has 0 aliphatic carbocycles. The van der Waals surface area contributed by atoms with Gasteiger partial charge in [-0.15, -0.1) is 0 Å². The van der Waals surface area contributed by atoms with Gasteiger partial charge in [0.05, 0.1) is 13.2 Å². The van der Waals surface area contributed by atoms with Crippen LogP contribution in [0.3, 0.4) is 0 Å². The molecule has 0 bridgehead atoms. The number of nitrogens with two attached hydrogens (primary N) is 1. The molecule has 2 fully saturated rings. The highest BCUT2D eigenvalue weighted by molar-refractivity contribution is 5.83. The summed E-state index contributed by atoms with van der Waals surface area (Å²) >= 11 is 0. The Morgan fingerprint density at radius 1 is 0.579 bits per heavy atom. The summed E-state index contributed by atoms with van der Waals surface area (Å²) in [6.07, 6.45) is 11.4. The smallest absolute Gasteiger partial charge is 0.297 e. The van der Waals surface area contributed by atoms with Crippen molar-refractivity contribution in [3.8, 4) is 11.4 Å². The number of aromatic nitrogens is 4. The molecule has 2 aromatic heterocycles. The van der Waals surface area contributed by atoms with Crippen LogP contribution in [0.5, 0.6) is 0 Å². The molecule has 8 aromatic rings.